The Labute approximate surface area is 179 Å². The van der Waals surface area contributed by atoms with E-state index in [1.54, 1.807) is 4.57 Å². The van der Waals surface area contributed by atoms with Gasteiger partial charge >= 0.3 is 0 Å². The first kappa shape index (κ1) is 20.3. The number of hydrogen-bond donors (Lipinski definition) is 0. The molecule has 2 aromatic heterocycles. The quantitative estimate of drug-likeness (QED) is 0.319. The van der Waals surface area contributed by atoms with Crippen molar-refractivity contribution in [2.75, 3.05) is 0 Å². The highest BCUT2D eigenvalue weighted by molar-refractivity contribution is 7.99. The van der Waals surface area contributed by atoms with E-state index in [0.717, 1.165) is 16.8 Å². The first-order valence-corrected chi connectivity index (χ1v) is 10.8. The van der Waals surface area contributed by atoms with Gasteiger partial charge in [-0.1, -0.05) is 49.0 Å². The zero-order chi connectivity index (χ0) is 21.4. The second-order valence-corrected chi connectivity index (χ2v) is 9.11. The molecule has 6 nitrogen and oxygen atoms in total. The maximum absolute atomic E-state index is 13.4. The van der Waals surface area contributed by atoms with E-state index in [1.807, 2.05) is 71.0 Å². The van der Waals surface area contributed by atoms with E-state index in [9.17, 15) is 4.79 Å². The number of fused-ring (bicyclic) bond motifs is 1. The lowest BCUT2D eigenvalue weighted by Gasteiger charge is -2.16. The zero-order valence-electron chi connectivity index (χ0n) is 17.7. The van der Waals surface area contributed by atoms with Crippen LogP contribution in [0.25, 0.3) is 16.6 Å². The van der Waals surface area contributed by atoms with Crippen LogP contribution in [0.15, 0.2) is 56.9 Å². The first-order valence-electron chi connectivity index (χ1n) is 9.94. The van der Waals surface area contributed by atoms with E-state index < -0.39 is 0 Å². The normalized spacial score (nSPS) is 12.6. The van der Waals surface area contributed by atoms with Crippen LogP contribution in [0.3, 0.4) is 0 Å². The lowest BCUT2D eigenvalue weighted by Crippen LogP contribution is -2.22. The van der Waals surface area contributed by atoms with Gasteiger partial charge in [0, 0.05) is 5.92 Å². The molecule has 30 heavy (non-hydrogen) atoms. The maximum atomic E-state index is 13.4. The number of rotatable bonds is 5. The molecule has 0 aliphatic heterocycles. The summed E-state index contributed by atoms with van der Waals surface area (Å²) in [6, 6.07) is 13.5. The van der Waals surface area contributed by atoms with Gasteiger partial charge in [0.05, 0.1) is 21.8 Å². The zero-order valence-corrected chi connectivity index (χ0v) is 18.5. The van der Waals surface area contributed by atoms with Gasteiger partial charge in [-0.15, -0.1) is 0 Å². The molecule has 0 aliphatic carbocycles. The van der Waals surface area contributed by atoms with Gasteiger partial charge < -0.3 is 4.52 Å². The average Bonchev–Trinajstić information content (AvgIpc) is 3.18. The van der Waals surface area contributed by atoms with Crippen molar-refractivity contribution in [3.05, 3.63) is 75.7 Å². The predicted molar refractivity (Wildman–Crippen MR) is 119 cm³/mol. The Kier molecular flexibility index (Phi) is 5.47. The molecule has 7 heteroatoms. The summed E-state index contributed by atoms with van der Waals surface area (Å²) in [5.41, 5.74) is 3.57. The summed E-state index contributed by atoms with van der Waals surface area (Å²) in [5.74, 6) is 1.39. The molecule has 4 aromatic rings. The number of hydrogen-bond acceptors (Lipinski definition) is 6. The van der Waals surface area contributed by atoms with Crippen molar-refractivity contribution in [1.29, 1.82) is 0 Å². The highest BCUT2D eigenvalue weighted by Crippen LogP contribution is 2.34. The van der Waals surface area contributed by atoms with E-state index in [-0.39, 0.29) is 16.7 Å². The van der Waals surface area contributed by atoms with E-state index >= 15 is 0 Å². The van der Waals surface area contributed by atoms with Crippen LogP contribution < -0.4 is 5.56 Å². The molecule has 1 unspecified atom stereocenters. The van der Waals surface area contributed by atoms with Gasteiger partial charge in [-0.3, -0.25) is 9.36 Å². The average molecular weight is 421 g/mol. The predicted octanol–water partition coefficient (Wildman–Crippen LogP) is 5.36. The van der Waals surface area contributed by atoms with Crippen molar-refractivity contribution in [3.8, 4) is 5.69 Å². The van der Waals surface area contributed by atoms with Crippen LogP contribution in [-0.2, 0) is 0 Å². The molecule has 2 aromatic carbocycles. The minimum absolute atomic E-state index is 0.0892. The number of aryl methyl sites for hydroxylation is 2. The highest BCUT2D eigenvalue weighted by Gasteiger charge is 2.21. The van der Waals surface area contributed by atoms with Gasteiger partial charge in [-0.2, -0.15) is 4.98 Å². The molecule has 0 saturated heterocycles. The fourth-order valence-electron chi connectivity index (χ4n) is 3.35. The molecule has 2 heterocycles. The van der Waals surface area contributed by atoms with Crippen LogP contribution in [0, 0.1) is 13.8 Å². The molecule has 1 atom stereocenters. The topological polar surface area (TPSA) is 73.8 Å². The Balaban J connectivity index is 1.86. The molecule has 0 aliphatic rings. The molecule has 0 bridgehead atoms. The van der Waals surface area contributed by atoms with E-state index in [1.165, 1.54) is 11.8 Å². The van der Waals surface area contributed by atoms with Crippen molar-refractivity contribution in [3.63, 3.8) is 0 Å². The Morgan fingerprint density at radius 3 is 2.37 bits per heavy atom. The minimum atomic E-state index is -0.157. The molecule has 0 amide bonds. The van der Waals surface area contributed by atoms with Crippen molar-refractivity contribution < 1.29 is 4.52 Å². The summed E-state index contributed by atoms with van der Waals surface area (Å²) >= 11 is 1.44. The Morgan fingerprint density at radius 1 is 1.00 bits per heavy atom. The third-order valence-electron chi connectivity index (χ3n) is 4.81. The fraction of sp³-hybridized carbons (Fsp3) is 0.304. The minimum Gasteiger partial charge on any atom is -0.338 e. The molecular formula is C23H24N4O2S. The second kappa shape index (κ2) is 8.07. The van der Waals surface area contributed by atoms with Crippen LogP contribution in [0.4, 0.5) is 0 Å². The molecule has 0 saturated carbocycles. The standard InChI is InChI=1S/C23H24N4O2S/c1-13(2)20-25-21(29-26-20)16(5)30-23-24-19-9-7-6-8-18(19)22(28)27(23)17-11-14(3)10-15(4)12-17/h6-13,16H,1-5H3. The van der Waals surface area contributed by atoms with E-state index in [2.05, 4.69) is 16.2 Å². The number of thioether (sulfide) groups is 1. The van der Waals surface area contributed by atoms with E-state index in [0.29, 0.717) is 27.8 Å². The fourth-order valence-corrected chi connectivity index (χ4v) is 4.31. The summed E-state index contributed by atoms with van der Waals surface area (Å²) in [4.78, 5) is 22.8. The van der Waals surface area contributed by atoms with Gasteiger partial charge in [-0.25, -0.2) is 4.98 Å². The Morgan fingerprint density at radius 2 is 1.70 bits per heavy atom. The van der Waals surface area contributed by atoms with Crippen molar-refractivity contribution >= 4 is 22.7 Å². The molecule has 0 fully saturated rings. The van der Waals surface area contributed by atoms with Gasteiger partial charge in [0.25, 0.3) is 5.56 Å². The van der Waals surface area contributed by atoms with Crippen molar-refractivity contribution in [1.82, 2.24) is 19.7 Å². The van der Waals surface area contributed by atoms with Gasteiger partial charge in [-0.05, 0) is 56.2 Å². The number of para-hydroxylation sites is 1. The van der Waals surface area contributed by atoms with Gasteiger partial charge in [0.15, 0.2) is 11.0 Å². The molecule has 4 rings (SSSR count). The SMILES string of the molecule is Cc1cc(C)cc(-n2c(SC(C)c3nc(C(C)C)no3)nc3ccccc3c2=O)c1. The Hall–Kier alpha value is -2.93. The molecule has 0 N–H and O–H groups in total. The second-order valence-electron chi connectivity index (χ2n) is 7.80. The van der Waals surface area contributed by atoms with Crippen molar-refractivity contribution in [2.45, 2.75) is 50.9 Å². The van der Waals surface area contributed by atoms with Crippen molar-refractivity contribution in [2.24, 2.45) is 0 Å². The van der Waals surface area contributed by atoms with Gasteiger partial charge in [0.2, 0.25) is 5.89 Å². The monoisotopic (exact) mass is 420 g/mol. The third-order valence-corrected chi connectivity index (χ3v) is 5.85. The maximum Gasteiger partial charge on any atom is 0.266 e. The number of benzene rings is 2. The number of aromatic nitrogens is 4. The van der Waals surface area contributed by atoms with Gasteiger partial charge in [0.1, 0.15) is 0 Å². The van der Waals surface area contributed by atoms with Crippen LogP contribution >= 0.6 is 11.8 Å². The lowest BCUT2D eigenvalue weighted by molar-refractivity contribution is 0.373. The summed E-state index contributed by atoms with van der Waals surface area (Å²) in [5, 5.41) is 5.09. The lowest BCUT2D eigenvalue weighted by atomic mass is 10.1. The summed E-state index contributed by atoms with van der Waals surface area (Å²) in [7, 11) is 0. The number of nitrogens with zero attached hydrogens (tertiary/aromatic N) is 4. The third kappa shape index (κ3) is 3.89. The first-order chi connectivity index (χ1) is 14.3. The van der Waals surface area contributed by atoms with Crippen LogP contribution in [0.2, 0.25) is 0 Å². The molecular weight excluding hydrogens is 396 g/mol. The highest BCUT2D eigenvalue weighted by atomic mass is 32.2. The molecule has 154 valence electrons. The van der Waals surface area contributed by atoms with Crippen LogP contribution in [-0.4, -0.2) is 19.7 Å². The summed E-state index contributed by atoms with van der Waals surface area (Å²) in [6.45, 7) is 10.1. The largest absolute Gasteiger partial charge is 0.338 e. The summed E-state index contributed by atoms with van der Waals surface area (Å²) < 4.78 is 7.15. The van der Waals surface area contributed by atoms with Crippen LogP contribution in [0.5, 0.6) is 0 Å². The summed E-state index contributed by atoms with van der Waals surface area (Å²) in [6.07, 6.45) is 0. The van der Waals surface area contributed by atoms with E-state index in [4.69, 9.17) is 9.51 Å². The smallest absolute Gasteiger partial charge is 0.266 e. The van der Waals surface area contributed by atoms with Crippen LogP contribution in [0.1, 0.15) is 54.8 Å². The molecule has 0 spiro atoms. The Bertz CT molecular complexity index is 1260. The molecule has 0 radical (unpaired) electrons.